The fourth-order valence-corrected chi connectivity index (χ4v) is 4.45. The highest BCUT2D eigenvalue weighted by molar-refractivity contribution is 6.30. The Kier molecular flexibility index (Phi) is 3.00. The monoisotopic (exact) mass is 291 g/mol. The van der Waals surface area contributed by atoms with Crippen molar-refractivity contribution in [2.75, 3.05) is 13.1 Å². The van der Waals surface area contributed by atoms with Gasteiger partial charge in [0, 0.05) is 24.0 Å². The minimum absolute atomic E-state index is 0.00835. The second kappa shape index (κ2) is 4.74. The lowest BCUT2D eigenvalue weighted by molar-refractivity contribution is -0.159. The van der Waals surface area contributed by atoms with Gasteiger partial charge in [-0.3, -0.25) is 4.90 Å². The lowest BCUT2D eigenvalue weighted by Gasteiger charge is -2.55. The second-order valence-electron chi connectivity index (χ2n) is 6.46. The lowest BCUT2D eigenvalue weighted by atomic mass is 9.67. The van der Waals surface area contributed by atoms with Gasteiger partial charge in [0.15, 0.2) is 6.23 Å². The van der Waals surface area contributed by atoms with Crippen LogP contribution < -0.4 is 0 Å². The molecule has 5 rings (SSSR count). The molecule has 1 aromatic rings. The Morgan fingerprint density at radius 3 is 2.35 bits per heavy atom. The van der Waals surface area contributed by atoms with Crippen LogP contribution in [0.15, 0.2) is 24.3 Å². The molecular formula is C16H18ClNO2. The third kappa shape index (κ3) is 2.13. The molecule has 0 unspecified atom stereocenters. The van der Waals surface area contributed by atoms with Crippen LogP contribution in [0, 0.1) is 17.8 Å². The first-order valence-corrected chi connectivity index (χ1v) is 7.77. The lowest BCUT2D eigenvalue weighted by Crippen LogP contribution is -2.60. The van der Waals surface area contributed by atoms with Gasteiger partial charge >= 0.3 is 5.97 Å². The maximum absolute atomic E-state index is 12.3. The predicted molar refractivity (Wildman–Crippen MR) is 76.5 cm³/mol. The molecule has 4 bridgehead atoms. The van der Waals surface area contributed by atoms with Crippen molar-refractivity contribution in [3.63, 3.8) is 0 Å². The van der Waals surface area contributed by atoms with Gasteiger partial charge in [-0.05, 0) is 55.4 Å². The summed E-state index contributed by atoms with van der Waals surface area (Å²) in [6.45, 7) is 2.21. The SMILES string of the molecule is O=C(O[C@H]1C2C[C@@H]3C[C@@H](C2)CN1C3)c1ccc(Cl)cc1. The van der Waals surface area contributed by atoms with Crippen molar-refractivity contribution in [3.8, 4) is 0 Å². The van der Waals surface area contributed by atoms with Gasteiger partial charge in [-0.1, -0.05) is 11.6 Å². The third-order valence-corrected chi connectivity index (χ3v) is 5.25. The van der Waals surface area contributed by atoms with Crippen LogP contribution in [0.5, 0.6) is 0 Å². The first kappa shape index (κ1) is 12.7. The Bertz CT molecular complexity index is 500. The number of rotatable bonds is 2. The molecule has 4 heteroatoms. The minimum Gasteiger partial charge on any atom is -0.442 e. The summed E-state index contributed by atoms with van der Waals surface area (Å²) in [5, 5.41) is 0.639. The van der Waals surface area contributed by atoms with Crippen molar-refractivity contribution in [1.82, 2.24) is 4.90 Å². The number of ether oxygens (including phenoxy) is 1. The molecular weight excluding hydrogens is 274 g/mol. The normalized spacial score (nSPS) is 38.0. The van der Waals surface area contributed by atoms with Crippen LogP contribution in [-0.4, -0.2) is 30.2 Å². The molecule has 3 heterocycles. The molecule has 1 aromatic carbocycles. The highest BCUT2D eigenvalue weighted by Crippen LogP contribution is 2.46. The first-order chi connectivity index (χ1) is 9.69. The molecule has 0 spiro atoms. The van der Waals surface area contributed by atoms with Gasteiger partial charge in [0.2, 0.25) is 0 Å². The molecule has 0 amide bonds. The number of nitrogens with zero attached hydrogens (tertiary/aromatic N) is 1. The van der Waals surface area contributed by atoms with E-state index in [1.54, 1.807) is 24.3 Å². The molecule has 3 saturated heterocycles. The number of halogens is 1. The summed E-state index contributed by atoms with van der Waals surface area (Å²) in [5.74, 6) is 1.98. The van der Waals surface area contributed by atoms with E-state index < -0.39 is 0 Å². The minimum atomic E-state index is -0.223. The molecule has 0 N–H and O–H groups in total. The number of carbonyl (C=O) groups excluding carboxylic acids is 1. The zero-order valence-corrected chi connectivity index (χ0v) is 12.1. The van der Waals surface area contributed by atoms with E-state index in [2.05, 4.69) is 4.90 Å². The average Bonchev–Trinajstić information content (AvgIpc) is 2.42. The van der Waals surface area contributed by atoms with E-state index in [1.165, 1.54) is 19.3 Å². The number of carbonyl (C=O) groups is 1. The van der Waals surface area contributed by atoms with E-state index >= 15 is 0 Å². The number of benzene rings is 1. The van der Waals surface area contributed by atoms with Crippen molar-refractivity contribution in [3.05, 3.63) is 34.9 Å². The van der Waals surface area contributed by atoms with Gasteiger partial charge in [0.1, 0.15) is 0 Å². The first-order valence-electron chi connectivity index (χ1n) is 7.39. The summed E-state index contributed by atoms with van der Waals surface area (Å²) in [6, 6.07) is 6.93. The Labute approximate surface area is 123 Å². The Hall–Kier alpha value is -1.06. The maximum atomic E-state index is 12.3. The van der Waals surface area contributed by atoms with Crippen LogP contribution in [0.4, 0.5) is 0 Å². The van der Waals surface area contributed by atoms with Crippen molar-refractivity contribution in [1.29, 1.82) is 0 Å². The van der Waals surface area contributed by atoms with Crippen LogP contribution in [-0.2, 0) is 4.74 Å². The summed E-state index contributed by atoms with van der Waals surface area (Å²) in [5.41, 5.74) is 0.587. The summed E-state index contributed by atoms with van der Waals surface area (Å²) in [7, 11) is 0. The molecule has 1 aliphatic carbocycles. The topological polar surface area (TPSA) is 29.5 Å². The number of hydrogen-bond acceptors (Lipinski definition) is 3. The zero-order chi connectivity index (χ0) is 13.7. The average molecular weight is 292 g/mol. The van der Waals surface area contributed by atoms with Crippen LogP contribution >= 0.6 is 11.6 Å². The molecule has 3 atom stereocenters. The van der Waals surface area contributed by atoms with Gasteiger partial charge in [0.25, 0.3) is 0 Å². The van der Waals surface area contributed by atoms with Gasteiger partial charge in [-0.25, -0.2) is 4.79 Å². The summed E-state index contributed by atoms with van der Waals surface area (Å²) >= 11 is 5.85. The van der Waals surface area contributed by atoms with E-state index in [9.17, 15) is 4.79 Å². The van der Waals surface area contributed by atoms with Crippen molar-refractivity contribution >= 4 is 17.6 Å². The molecule has 4 fully saturated rings. The van der Waals surface area contributed by atoms with E-state index in [-0.39, 0.29) is 12.2 Å². The van der Waals surface area contributed by atoms with Crippen molar-refractivity contribution in [2.24, 2.45) is 17.8 Å². The van der Waals surface area contributed by atoms with Crippen LogP contribution in [0.3, 0.4) is 0 Å². The highest BCUT2D eigenvalue weighted by atomic mass is 35.5. The summed E-state index contributed by atoms with van der Waals surface area (Å²) in [6.07, 6.45) is 3.83. The molecule has 20 heavy (non-hydrogen) atoms. The van der Waals surface area contributed by atoms with Gasteiger partial charge in [-0.15, -0.1) is 0 Å². The zero-order valence-electron chi connectivity index (χ0n) is 11.3. The molecule has 1 saturated carbocycles. The summed E-state index contributed by atoms with van der Waals surface area (Å²) in [4.78, 5) is 14.6. The predicted octanol–water partition coefficient (Wildman–Crippen LogP) is 3.18. The van der Waals surface area contributed by atoms with E-state index in [4.69, 9.17) is 16.3 Å². The van der Waals surface area contributed by atoms with E-state index in [0.717, 1.165) is 24.9 Å². The Morgan fingerprint density at radius 2 is 1.75 bits per heavy atom. The molecule has 3 aliphatic heterocycles. The molecule has 4 aliphatic rings. The van der Waals surface area contributed by atoms with Gasteiger partial charge < -0.3 is 4.74 Å². The number of piperidine rings is 3. The molecule has 3 nitrogen and oxygen atoms in total. The highest BCUT2D eigenvalue weighted by Gasteiger charge is 2.48. The number of esters is 1. The van der Waals surface area contributed by atoms with E-state index in [1.807, 2.05) is 0 Å². The van der Waals surface area contributed by atoms with Crippen molar-refractivity contribution in [2.45, 2.75) is 25.5 Å². The smallest absolute Gasteiger partial charge is 0.339 e. The van der Waals surface area contributed by atoms with E-state index in [0.29, 0.717) is 16.5 Å². The maximum Gasteiger partial charge on any atom is 0.339 e. The Balaban J connectivity index is 1.49. The number of hydrogen-bond donors (Lipinski definition) is 0. The Morgan fingerprint density at radius 1 is 1.10 bits per heavy atom. The fourth-order valence-electron chi connectivity index (χ4n) is 4.33. The van der Waals surface area contributed by atoms with Crippen molar-refractivity contribution < 1.29 is 9.53 Å². The van der Waals surface area contributed by atoms with Gasteiger partial charge in [-0.2, -0.15) is 0 Å². The molecule has 106 valence electrons. The molecule has 0 aromatic heterocycles. The molecule has 0 radical (unpaired) electrons. The standard InChI is InChI=1S/C16H18ClNO2/c17-14-3-1-12(2-4-14)16(19)20-15-13-6-10-5-11(7-13)9-18(15)8-10/h1-4,10-11,13,15H,5-9H2/t10-,11-,15-/m0/s1. The largest absolute Gasteiger partial charge is 0.442 e. The van der Waals surface area contributed by atoms with Crippen LogP contribution in [0.25, 0.3) is 0 Å². The second-order valence-corrected chi connectivity index (χ2v) is 6.89. The third-order valence-electron chi connectivity index (χ3n) is 5.00. The van der Waals surface area contributed by atoms with Crippen LogP contribution in [0.2, 0.25) is 5.02 Å². The summed E-state index contributed by atoms with van der Waals surface area (Å²) < 4.78 is 5.80. The van der Waals surface area contributed by atoms with Gasteiger partial charge in [0.05, 0.1) is 5.56 Å². The van der Waals surface area contributed by atoms with Crippen LogP contribution in [0.1, 0.15) is 29.6 Å². The quantitative estimate of drug-likeness (QED) is 0.784. The fraction of sp³-hybridized carbons (Fsp3) is 0.562.